The summed E-state index contributed by atoms with van der Waals surface area (Å²) in [4.78, 5) is 25.9. The highest BCUT2D eigenvalue weighted by molar-refractivity contribution is 5.46. The van der Waals surface area contributed by atoms with Crippen LogP contribution >= 0.6 is 0 Å². The standard InChI is InChI=1S/C23H23F2N7O/c24-17-3-1-16(2-4-17)14-26-22-28-23-27-19(13-21(33)32(23)29-22)15-30-9-11-31(12-10-30)20-7-5-18(25)6-8-20/h1-8,13H,9-12,14-15H2,(H2,26,27,28,29). The van der Waals surface area contributed by atoms with Gasteiger partial charge in [0.15, 0.2) is 0 Å². The van der Waals surface area contributed by atoms with Crippen LogP contribution in [0.2, 0.25) is 0 Å². The zero-order valence-electron chi connectivity index (χ0n) is 17.8. The van der Waals surface area contributed by atoms with Gasteiger partial charge in [-0.2, -0.15) is 9.50 Å². The fraction of sp³-hybridized carbons (Fsp3) is 0.261. The Morgan fingerprint density at radius 2 is 1.58 bits per heavy atom. The van der Waals surface area contributed by atoms with Crippen molar-refractivity contribution in [2.75, 3.05) is 36.4 Å². The molecule has 0 spiro atoms. The predicted octanol–water partition coefficient (Wildman–Crippen LogP) is 2.63. The molecule has 0 unspecified atom stereocenters. The van der Waals surface area contributed by atoms with Gasteiger partial charge in [0.25, 0.3) is 11.3 Å². The third-order valence-electron chi connectivity index (χ3n) is 5.71. The monoisotopic (exact) mass is 451 g/mol. The van der Waals surface area contributed by atoms with Crippen molar-refractivity contribution in [3.05, 3.63) is 87.8 Å². The summed E-state index contributed by atoms with van der Waals surface area (Å²) in [5.74, 6) is 0.179. The minimum Gasteiger partial charge on any atom is -0.369 e. The molecule has 170 valence electrons. The number of benzene rings is 2. The molecular formula is C23H23F2N7O. The Balaban J connectivity index is 1.22. The van der Waals surface area contributed by atoms with E-state index in [4.69, 9.17) is 0 Å². The second-order valence-corrected chi connectivity index (χ2v) is 8.01. The van der Waals surface area contributed by atoms with Gasteiger partial charge in [0, 0.05) is 51.0 Å². The van der Waals surface area contributed by atoms with E-state index in [9.17, 15) is 13.6 Å². The van der Waals surface area contributed by atoms with Crippen LogP contribution in [0.3, 0.4) is 0 Å². The number of rotatable bonds is 6. The first-order valence-electron chi connectivity index (χ1n) is 10.7. The molecule has 0 bridgehead atoms. The number of nitrogens with zero attached hydrogens (tertiary/aromatic N) is 5. The molecule has 0 amide bonds. The van der Waals surface area contributed by atoms with Gasteiger partial charge in [0.05, 0.1) is 5.69 Å². The minimum atomic E-state index is -0.289. The maximum Gasteiger partial charge on any atom is 0.274 e. The van der Waals surface area contributed by atoms with E-state index < -0.39 is 0 Å². The Morgan fingerprint density at radius 1 is 0.909 bits per heavy atom. The van der Waals surface area contributed by atoms with Gasteiger partial charge in [-0.1, -0.05) is 12.1 Å². The van der Waals surface area contributed by atoms with Crippen LogP contribution in [-0.4, -0.2) is 50.7 Å². The lowest BCUT2D eigenvalue weighted by atomic mass is 10.2. The van der Waals surface area contributed by atoms with E-state index in [1.807, 2.05) is 0 Å². The molecule has 1 aliphatic heterocycles. The number of halogens is 2. The number of piperazine rings is 1. The lowest BCUT2D eigenvalue weighted by Crippen LogP contribution is -2.46. The zero-order valence-corrected chi connectivity index (χ0v) is 17.8. The molecule has 4 aromatic rings. The summed E-state index contributed by atoms with van der Waals surface area (Å²) in [5, 5.41) is 6.00. The molecule has 3 heterocycles. The van der Waals surface area contributed by atoms with E-state index in [2.05, 4.69) is 30.2 Å². The third kappa shape index (κ3) is 4.85. The van der Waals surface area contributed by atoms with E-state index >= 15 is 0 Å². The first-order valence-corrected chi connectivity index (χ1v) is 10.7. The summed E-state index contributed by atoms with van der Waals surface area (Å²) in [6.07, 6.45) is 0. The highest BCUT2D eigenvalue weighted by Gasteiger charge is 2.19. The van der Waals surface area contributed by atoms with Gasteiger partial charge in [-0.05, 0) is 42.0 Å². The summed E-state index contributed by atoms with van der Waals surface area (Å²) in [7, 11) is 0. The van der Waals surface area contributed by atoms with E-state index in [1.165, 1.54) is 34.8 Å². The Kier molecular flexibility index (Phi) is 5.74. The third-order valence-corrected chi connectivity index (χ3v) is 5.71. The van der Waals surface area contributed by atoms with Crippen LogP contribution in [0.1, 0.15) is 11.3 Å². The lowest BCUT2D eigenvalue weighted by Gasteiger charge is -2.35. The highest BCUT2D eigenvalue weighted by Crippen LogP contribution is 2.17. The van der Waals surface area contributed by atoms with Crippen molar-refractivity contribution in [2.45, 2.75) is 13.1 Å². The van der Waals surface area contributed by atoms with Gasteiger partial charge >= 0.3 is 0 Å². The Hall–Kier alpha value is -3.79. The van der Waals surface area contributed by atoms with Gasteiger partial charge in [-0.15, -0.1) is 0 Å². The number of nitrogens with one attached hydrogen (secondary N) is 2. The number of anilines is 2. The summed E-state index contributed by atoms with van der Waals surface area (Å²) in [6.45, 7) is 4.22. The molecule has 8 nitrogen and oxygen atoms in total. The molecular weight excluding hydrogens is 428 g/mol. The zero-order chi connectivity index (χ0) is 22.8. The second-order valence-electron chi connectivity index (χ2n) is 8.01. The summed E-state index contributed by atoms with van der Waals surface area (Å²) < 4.78 is 27.5. The molecule has 5 rings (SSSR count). The normalized spacial score (nSPS) is 14.7. The number of hydrogen-bond acceptors (Lipinski definition) is 6. The van der Waals surface area contributed by atoms with E-state index in [1.54, 1.807) is 24.3 Å². The first kappa shape index (κ1) is 21.1. The molecule has 1 aliphatic rings. The fourth-order valence-corrected chi connectivity index (χ4v) is 3.92. The van der Waals surface area contributed by atoms with Crippen molar-refractivity contribution in [1.29, 1.82) is 0 Å². The average Bonchev–Trinajstić information content (AvgIpc) is 3.23. The fourth-order valence-electron chi connectivity index (χ4n) is 3.92. The predicted molar refractivity (Wildman–Crippen MR) is 121 cm³/mol. The van der Waals surface area contributed by atoms with Gasteiger partial charge in [0.1, 0.15) is 11.6 Å². The van der Waals surface area contributed by atoms with Crippen LogP contribution in [-0.2, 0) is 13.1 Å². The number of fused-ring (bicyclic) bond motifs is 1. The van der Waals surface area contributed by atoms with Crippen molar-refractivity contribution in [3.63, 3.8) is 0 Å². The molecule has 1 fully saturated rings. The molecule has 0 aliphatic carbocycles. The van der Waals surface area contributed by atoms with Gasteiger partial charge in [-0.3, -0.25) is 14.8 Å². The number of aromatic amines is 1. The molecule has 2 N–H and O–H groups in total. The summed E-state index contributed by atoms with van der Waals surface area (Å²) in [6, 6.07) is 14.2. The van der Waals surface area contributed by atoms with E-state index in [-0.39, 0.29) is 17.2 Å². The highest BCUT2D eigenvalue weighted by atomic mass is 19.1. The first-order chi connectivity index (χ1) is 16.0. The minimum absolute atomic E-state index is 0.234. The number of aromatic nitrogens is 4. The SMILES string of the molecule is O=c1cc(CN2CCN(c3ccc(F)cc3)CC2)nc2nc(NCc3ccc(F)cc3)[nH]n12. The van der Waals surface area contributed by atoms with Gasteiger partial charge in [-0.25, -0.2) is 13.8 Å². The van der Waals surface area contributed by atoms with Crippen LogP contribution in [0, 0.1) is 11.6 Å². The quantitative estimate of drug-likeness (QED) is 0.469. The number of hydrogen-bond donors (Lipinski definition) is 2. The Labute approximate surface area is 188 Å². The van der Waals surface area contributed by atoms with Crippen LogP contribution in [0.15, 0.2) is 59.4 Å². The Bertz CT molecular complexity index is 1290. The largest absolute Gasteiger partial charge is 0.369 e. The molecule has 1 saturated heterocycles. The molecule has 0 saturated carbocycles. The molecule has 10 heteroatoms. The van der Waals surface area contributed by atoms with Crippen LogP contribution < -0.4 is 15.8 Å². The molecule has 0 radical (unpaired) electrons. The number of H-pyrrole nitrogens is 1. The molecule has 2 aromatic heterocycles. The topological polar surface area (TPSA) is 81.6 Å². The van der Waals surface area contributed by atoms with Gasteiger partial charge in [0.2, 0.25) is 5.95 Å². The summed E-state index contributed by atoms with van der Waals surface area (Å²) in [5.41, 5.74) is 2.32. The lowest BCUT2D eigenvalue weighted by molar-refractivity contribution is 0.247. The van der Waals surface area contributed by atoms with Crippen molar-refractivity contribution < 1.29 is 8.78 Å². The summed E-state index contributed by atoms with van der Waals surface area (Å²) >= 11 is 0. The van der Waals surface area contributed by atoms with Gasteiger partial charge < -0.3 is 10.2 Å². The van der Waals surface area contributed by atoms with Crippen LogP contribution in [0.5, 0.6) is 0 Å². The maximum atomic E-state index is 13.2. The Morgan fingerprint density at radius 3 is 2.27 bits per heavy atom. The molecule has 0 atom stereocenters. The van der Waals surface area contributed by atoms with E-state index in [0.717, 1.165) is 37.4 Å². The van der Waals surface area contributed by atoms with Crippen LogP contribution in [0.4, 0.5) is 20.4 Å². The van der Waals surface area contributed by atoms with Crippen molar-refractivity contribution in [3.8, 4) is 0 Å². The van der Waals surface area contributed by atoms with Crippen molar-refractivity contribution >= 4 is 17.4 Å². The van der Waals surface area contributed by atoms with Crippen molar-refractivity contribution in [2.24, 2.45) is 0 Å². The smallest absolute Gasteiger partial charge is 0.274 e. The molecule has 2 aromatic carbocycles. The average molecular weight is 451 g/mol. The second kappa shape index (κ2) is 8.99. The molecule has 33 heavy (non-hydrogen) atoms. The van der Waals surface area contributed by atoms with E-state index in [0.29, 0.717) is 30.5 Å². The van der Waals surface area contributed by atoms with Crippen molar-refractivity contribution in [1.82, 2.24) is 24.5 Å². The van der Waals surface area contributed by atoms with Crippen LogP contribution in [0.25, 0.3) is 5.78 Å². The maximum absolute atomic E-state index is 13.2.